The van der Waals surface area contributed by atoms with Gasteiger partial charge in [-0.2, -0.15) is 0 Å². The third-order valence-electron chi connectivity index (χ3n) is 3.70. The minimum absolute atomic E-state index is 0.0123. The number of carbonyl (C=O) groups is 2. The molecule has 2 aliphatic carbocycles. The van der Waals surface area contributed by atoms with Crippen LogP contribution in [0.3, 0.4) is 0 Å². The second-order valence-corrected chi connectivity index (χ2v) is 5.75. The molecule has 0 fully saturated rings. The fraction of sp³-hybridized carbons (Fsp3) is 0.300. The first-order chi connectivity index (χ1) is 11.6. The minimum atomic E-state index is -0.458. The van der Waals surface area contributed by atoms with Gasteiger partial charge in [-0.1, -0.05) is 60.8 Å². The molecule has 2 rings (SSSR count). The summed E-state index contributed by atoms with van der Waals surface area (Å²) in [6.07, 6.45) is 14.6. The van der Waals surface area contributed by atoms with Gasteiger partial charge in [0.05, 0.1) is 0 Å². The number of ether oxygens (including phenoxy) is 2. The summed E-state index contributed by atoms with van der Waals surface area (Å²) < 4.78 is 10.1. The molecule has 0 spiro atoms. The Morgan fingerprint density at radius 3 is 1.58 bits per heavy atom. The van der Waals surface area contributed by atoms with E-state index in [1.165, 1.54) is 0 Å². The molecule has 0 radical (unpaired) electrons. The summed E-state index contributed by atoms with van der Waals surface area (Å²) in [7, 11) is 0. The van der Waals surface area contributed by atoms with E-state index in [2.05, 4.69) is 13.2 Å². The number of hydrogen-bond acceptors (Lipinski definition) is 4. The molecule has 0 aromatic rings. The predicted octanol–water partition coefficient (Wildman–Crippen LogP) is 3.74. The molecule has 0 amide bonds. The maximum Gasteiger partial charge on any atom is 0.333 e. The zero-order chi connectivity index (χ0) is 17.4. The van der Waals surface area contributed by atoms with E-state index in [1.54, 1.807) is 0 Å². The molecular weight excluding hydrogens is 304 g/mol. The smallest absolute Gasteiger partial charge is 0.333 e. The SMILES string of the molecule is C=C(CC1=CC=CC1)C(=O)OCCOC(=O)C(=C)CC1=CC=CC1. The summed E-state index contributed by atoms with van der Waals surface area (Å²) in [5, 5.41) is 0. The average molecular weight is 326 g/mol. The van der Waals surface area contributed by atoms with Crippen molar-refractivity contribution >= 4 is 11.9 Å². The monoisotopic (exact) mass is 326 g/mol. The first-order valence-electron chi connectivity index (χ1n) is 7.95. The lowest BCUT2D eigenvalue weighted by Crippen LogP contribution is -2.16. The van der Waals surface area contributed by atoms with Crippen LogP contribution >= 0.6 is 0 Å². The lowest BCUT2D eigenvalue weighted by molar-refractivity contribution is -0.147. The van der Waals surface area contributed by atoms with Crippen molar-refractivity contribution < 1.29 is 19.1 Å². The van der Waals surface area contributed by atoms with Gasteiger partial charge in [0.15, 0.2) is 0 Å². The Bertz CT molecular complexity index is 601. The molecule has 4 heteroatoms. The highest BCUT2D eigenvalue weighted by atomic mass is 16.6. The Balaban J connectivity index is 1.59. The van der Waals surface area contributed by atoms with Crippen molar-refractivity contribution in [3.8, 4) is 0 Å². The summed E-state index contributed by atoms with van der Waals surface area (Å²) in [6, 6.07) is 0. The molecule has 2 aliphatic rings. The van der Waals surface area contributed by atoms with E-state index in [-0.39, 0.29) is 13.2 Å². The lowest BCUT2D eigenvalue weighted by Gasteiger charge is -2.10. The van der Waals surface area contributed by atoms with Crippen LogP contribution < -0.4 is 0 Å². The summed E-state index contributed by atoms with van der Waals surface area (Å²) >= 11 is 0. The average Bonchev–Trinajstić information content (AvgIpc) is 3.24. The van der Waals surface area contributed by atoms with Gasteiger partial charge in [-0.3, -0.25) is 0 Å². The van der Waals surface area contributed by atoms with Crippen molar-refractivity contribution in [1.82, 2.24) is 0 Å². The van der Waals surface area contributed by atoms with Gasteiger partial charge in [0, 0.05) is 24.0 Å². The van der Waals surface area contributed by atoms with Crippen LogP contribution in [0.4, 0.5) is 0 Å². The Kier molecular flexibility index (Phi) is 6.55. The minimum Gasteiger partial charge on any atom is -0.459 e. The van der Waals surface area contributed by atoms with Crippen molar-refractivity contribution in [2.24, 2.45) is 0 Å². The lowest BCUT2D eigenvalue weighted by atomic mass is 10.1. The molecule has 0 atom stereocenters. The van der Waals surface area contributed by atoms with Gasteiger partial charge in [0.1, 0.15) is 13.2 Å². The molecule has 0 aliphatic heterocycles. The summed E-state index contributed by atoms with van der Waals surface area (Å²) in [5.74, 6) is -0.917. The maximum atomic E-state index is 11.8. The van der Waals surface area contributed by atoms with Gasteiger partial charge >= 0.3 is 11.9 Å². The van der Waals surface area contributed by atoms with E-state index in [9.17, 15) is 9.59 Å². The third kappa shape index (κ3) is 5.54. The number of esters is 2. The zero-order valence-electron chi connectivity index (χ0n) is 13.8. The third-order valence-corrected chi connectivity index (χ3v) is 3.70. The fourth-order valence-electron chi connectivity index (χ4n) is 2.41. The normalized spacial score (nSPS) is 15.0. The molecule has 0 saturated carbocycles. The molecule has 0 aromatic heterocycles. The molecule has 24 heavy (non-hydrogen) atoms. The number of allylic oxidation sites excluding steroid dienone is 8. The predicted molar refractivity (Wildman–Crippen MR) is 93.1 cm³/mol. The summed E-state index contributed by atoms with van der Waals surface area (Å²) in [5.41, 5.74) is 3.08. The zero-order valence-corrected chi connectivity index (χ0v) is 13.8. The summed E-state index contributed by atoms with van der Waals surface area (Å²) in [6.45, 7) is 7.51. The van der Waals surface area contributed by atoms with Crippen LogP contribution in [0.5, 0.6) is 0 Å². The molecule has 0 heterocycles. The highest BCUT2D eigenvalue weighted by Crippen LogP contribution is 2.20. The van der Waals surface area contributed by atoms with Crippen LogP contribution in [-0.4, -0.2) is 25.2 Å². The Hall–Kier alpha value is -2.62. The van der Waals surface area contributed by atoms with Crippen LogP contribution in [0.25, 0.3) is 0 Å². The topological polar surface area (TPSA) is 52.6 Å². The molecule has 0 N–H and O–H groups in total. The van der Waals surface area contributed by atoms with E-state index >= 15 is 0 Å². The molecule has 0 unspecified atom stereocenters. The van der Waals surface area contributed by atoms with Crippen LogP contribution in [0.15, 0.2) is 71.9 Å². The van der Waals surface area contributed by atoms with Gasteiger partial charge in [-0.05, 0) is 12.8 Å². The van der Waals surface area contributed by atoms with Crippen molar-refractivity contribution in [2.75, 3.05) is 13.2 Å². The fourth-order valence-corrected chi connectivity index (χ4v) is 2.41. The Morgan fingerprint density at radius 1 is 0.833 bits per heavy atom. The van der Waals surface area contributed by atoms with E-state index in [0.717, 1.165) is 24.0 Å². The highest BCUT2D eigenvalue weighted by molar-refractivity contribution is 5.89. The number of hydrogen-bond donors (Lipinski definition) is 0. The van der Waals surface area contributed by atoms with Crippen molar-refractivity contribution in [1.29, 1.82) is 0 Å². The Labute approximate surface area is 142 Å². The first kappa shape index (κ1) is 17.7. The number of rotatable bonds is 9. The van der Waals surface area contributed by atoms with Crippen molar-refractivity contribution in [3.05, 3.63) is 71.9 Å². The van der Waals surface area contributed by atoms with Crippen molar-refractivity contribution in [3.63, 3.8) is 0 Å². The van der Waals surface area contributed by atoms with E-state index < -0.39 is 11.9 Å². The molecule has 126 valence electrons. The standard InChI is InChI=1S/C20H22O4/c1-15(13-17-7-3-4-8-17)19(21)23-11-12-24-20(22)16(2)14-18-9-5-6-10-18/h3-7,9H,1-2,8,10-14H2. The van der Waals surface area contributed by atoms with Gasteiger partial charge in [-0.15, -0.1) is 0 Å². The van der Waals surface area contributed by atoms with Gasteiger partial charge in [0.25, 0.3) is 0 Å². The van der Waals surface area contributed by atoms with Gasteiger partial charge in [0.2, 0.25) is 0 Å². The summed E-state index contributed by atoms with van der Waals surface area (Å²) in [4.78, 5) is 23.6. The van der Waals surface area contributed by atoms with E-state index in [0.29, 0.717) is 24.0 Å². The number of carbonyl (C=O) groups excluding carboxylic acids is 2. The quantitative estimate of drug-likeness (QED) is 0.368. The maximum absolute atomic E-state index is 11.8. The molecule has 0 aromatic carbocycles. The second kappa shape index (κ2) is 8.87. The first-order valence-corrected chi connectivity index (χ1v) is 7.95. The highest BCUT2D eigenvalue weighted by Gasteiger charge is 2.14. The van der Waals surface area contributed by atoms with Gasteiger partial charge < -0.3 is 9.47 Å². The van der Waals surface area contributed by atoms with Crippen LogP contribution in [0.2, 0.25) is 0 Å². The largest absolute Gasteiger partial charge is 0.459 e. The molecule has 0 saturated heterocycles. The van der Waals surface area contributed by atoms with Gasteiger partial charge in [-0.25, -0.2) is 9.59 Å². The second-order valence-electron chi connectivity index (χ2n) is 5.75. The van der Waals surface area contributed by atoms with Crippen LogP contribution in [-0.2, 0) is 19.1 Å². The van der Waals surface area contributed by atoms with Crippen LogP contribution in [0, 0.1) is 0 Å². The molecule has 4 nitrogen and oxygen atoms in total. The van der Waals surface area contributed by atoms with E-state index in [4.69, 9.17) is 9.47 Å². The molecular formula is C20H22O4. The van der Waals surface area contributed by atoms with E-state index in [1.807, 2.05) is 36.5 Å². The van der Waals surface area contributed by atoms with Crippen molar-refractivity contribution in [2.45, 2.75) is 25.7 Å². The van der Waals surface area contributed by atoms with Crippen LogP contribution in [0.1, 0.15) is 25.7 Å². The Morgan fingerprint density at radius 2 is 1.25 bits per heavy atom. The molecule has 0 bridgehead atoms.